The van der Waals surface area contributed by atoms with Gasteiger partial charge in [0.15, 0.2) is 0 Å². The predicted molar refractivity (Wildman–Crippen MR) is 97.2 cm³/mol. The zero-order valence-electron chi connectivity index (χ0n) is 15.4. The molecule has 0 radical (unpaired) electrons. The van der Waals surface area contributed by atoms with Crippen molar-refractivity contribution >= 4 is 0 Å². The third-order valence-corrected chi connectivity index (χ3v) is 5.00. The Labute approximate surface area is 164 Å². The fourth-order valence-electron chi connectivity index (χ4n) is 3.44. The number of hydrogen-bond acceptors (Lipinski definition) is 6. The van der Waals surface area contributed by atoms with E-state index in [0.717, 1.165) is 17.7 Å². The van der Waals surface area contributed by atoms with E-state index in [1.165, 1.54) is 6.07 Å². The van der Waals surface area contributed by atoms with Crippen molar-refractivity contribution in [2.24, 2.45) is 5.41 Å². The van der Waals surface area contributed by atoms with Gasteiger partial charge in [-0.2, -0.15) is 13.2 Å². The first-order valence-corrected chi connectivity index (χ1v) is 9.07. The first kappa shape index (κ1) is 21.3. The van der Waals surface area contributed by atoms with Gasteiger partial charge in [-0.05, 0) is 24.5 Å². The van der Waals surface area contributed by atoms with Gasteiger partial charge >= 0.3 is 6.18 Å². The molecule has 1 aliphatic carbocycles. The second kappa shape index (κ2) is 8.52. The smallest absolute Gasteiger partial charge is 0.417 e. The van der Waals surface area contributed by atoms with Gasteiger partial charge < -0.3 is 25.3 Å². The van der Waals surface area contributed by atoms with Gasteiger partial charge in [-0.15, -0.1) is 0 Å². The number of nitrogens with zero attached hydrogens (tertiary/aromatic N) is 1. The summed E-state index contributed by atoms with van der Waals surface area (Å²) in [5, 5.41) is 23.2. The Kier molecular flexibility index (Phi) is 6.25. The molecular formula is C19H22F3N3O4. The minimum absolute atomic E-state index is 0.0360. The fraction of sp³-hybridized carbons (Fsp3) is 0.474. The van der Waals surface area contributed by atoms with Crippen LogP contribution in [0, 0.1) is 5.41 Å². The van der Waals surface area contributed by atoms with Crippen LogP contribution in [0.1, 0.15) is 24.0 Å². The number of aliphatic hydroxyl groups excluding tert-OH is 2. The van der Waals surface area contributed by atoms with Gasteiger partial charge in [0.05, 0.1) is 24.4 Å². The van der Waals surface area contributed by atoms with Crippen LogP contribution < -0.4 is 15.6 Å². The average molecular weight is 413 g/mol. The quantitative estimate of drug-likeness (QED) is 0.548. The predicted octanol–water partition coefficient (Wildman–Crippen LogP) is 1.46. The summed E-state index contributed by atoms with van der Waals surface area (Å²) in [5.41, 5.74) is -0.839. The first-order valence-electron chi connectivity index (χ1n) is 9.07. The van der Waals surface area contributed by atoms with E-state index in [1.54, 1.807) is 12.3 Å². The Hall–Kier alpha value is -2.43. The highest BCUT2D eigenvalue weighted by atomic mass is 19.4. The molecule has 0 amide bonds. The van der Waals surface area contributed by atoms with Crippen molar-refractivity contribution < 1.29 is 28.1 Å². The number of rotatable bonds is 7. The lowest BCUT2D eigenvalue weighted by Gasteiger charge is -2.29. The van der Waals surface area contributed by atoms with Gasteiger partial charge in [0.25, 0.3) is 0 Å². The van der Waals surface area contributed by atoms with Crippen molar-refractivity contribution in [1.29, 1.82) is 0 Å². The molecule has 0 aromatic carbocycles. The van der Waals surface area contributed by atoms with E-state index >= 15 is 0 Å². The van der Waals surface area contributed by atoms with Gasteiger partial charge in [0.1, 0.15) is 0 Å². The molecule has 2 unspecified atom stereocenters. The van der Waals surface area contributed by atoms with E-state index in [1.807, 2.05) is 0 Å². The van der Waals surface area contributed by atoms with Crippen LogP contribution >= 0.6 is 0 Å². The Balaban J connectivity index is 1.62. The normalized spacial score (nSPS) is 24.6. The standard InChI is InChI=1S/C19H22F3N3O4/c20-19(21,22)13-2-4-17(25-9-13)29-11-18(5-14(26)15(27)6-18)10-23-7-12-1-3-16(28)24-8-12/h1-4,8-9,14-15,23,26-27H,5-7,10-11H2,(H,24,28). The fourth-order valence-corrected chi connectivity index (χ4v) is 3.44. The number of aliphatic hydroxyl groups is 2. The van der Waals surface area contributed by atoms with E-state index < -0.39 is 29.4 Å². The van der Waals surface area contributed by atoms with Gasteiger partial charge in [0, 0.05) is 43.0 Å². The highest BCUT2D eigenvalue weighted by Crippen LogP contribution is 2.39. The third kappa shape index (κ3) is 5.55. The van der Waals surface area contributed by atoms with E-state index in [4.69, 9.17) is 4.74 Å². The number of nitrogens with one attached hydrogen (secondary N) is 2. The number of aromatic nitrogens is 2. The van der Waals surface area contributed by atoms with Crippen LogP contribution in [0.4, 0.5) is 13.2 Å². The van der Waals surface area contributed by atoms with Crippen LogP contribution in [-0.2, 0) is 12.7 Å². The molecule has 158 valence electrons. The summed E-state index contributed by atoms with van der Waals surface area (Å²) in [6, 6.07) is 5.13. The van der Waals surface area contributed by atoms with Crippen LogP contribution in [-0.4, -0.2) is 45.5 Å². The van der Waals surface area contributed by atoms with Gasteiger partial charge in [0.2, 0.25) is 11.4 Å². The first-order chi connectivity index (χ1) is 13.7. The molecule has 2 aromatic heterocycles. The minimum Gasteiger partial charge on any atom is -0.477 e. The second-order valence-electron chi connectivity index (χ2n) is 7.38. The summed E-state index contributed by atoms with van der Waals surface area (Å²) in [6.07, 6.45) is -3.46. The molecule has 0 saturated heterocycles. The second-order valence-corrected chi connectivity index (χ2v) is 7.38. The molecule has 0 aliphatic heterocycles. The number of pyridine rings is 2. The van der Waals surface area contributed by atoms with Gasteiger partial charge in [-0.1, -0.05) is 6.07 Å². The number of halogens is 3. The summed E-state index contributed by atoms with van der Waals surface area (Å²) in [7, 11) is 0. The molecule has 1 aliphatic rings. The number of ether oxygens (including phenoxy) is 1. The summed E-state index contributed by atoms with van der Waals surface area (Å²) in [5.74, 6) is 0.0360. The third-order valence-electron chi connectivity index (χ3n) is 5.00. The monoisotopic (exact) mass is 413 g/mol. The highest BCUT2D eigenvalue weighted by molar-refractivity contribution is 5.20. The van der Waals surface area contributed by atoms with Crippen molar-refractivity contribution in [3.63, 3.8) is 0 Å². The molecule has 1 fully saturated rings. The molecule has 2 aromatic rings. The molecule has 7 nitrogen and oxygen atoms in total. The van der Waals surface area contributed by atoms with Crippen molar-refractivity contribution in [3.8, 4) is 5.88 Å². The van der Waals surface area contributed by atoms with E-state index in [-0.39, 0.29) is 30.9 Å². The Morgan fingerprint density at radius 2 is 1.93 bits per heavy atom. The Bertz CT molecular complexity index is 840. The summed E-state index contributed by atoms with van der Waals surface area (Å²) >= 11 is 0. The number of hydrogen-bond donors (Lipinski definition) is 4. The molecule has 3 rings (SSSR count). The summed E-state index contributed by atoms with van der Waals surface area (Å²) in [4.78, 5) is 17.4. The number of alkyl halides is 3. The Morgan fingerprint density at radius 3 is 2.48 bits per heavy atom. The molecule has 1 saturated carbocycles. The van der Waals surface area contributed by atoms with E-state index in [9.17, 15) is 28.2 Å². The topological polar surface area (TPSA) is 107 Å². The summed E-state index contributed by atoms with van der Waals surface area (Å²) in [6.45, 7) is 0.905. The molecule has 10 heteroatoms. The molecule has 0 bridgehead atoms. The SMILES string of the molecule is O=c1ccc(CNCC2(COc3ccc(C(F)(F)F)cn3)CC(O)C(O)C2)c[nH]1. The van der Waals surface area contributed by atoms with Crippen molar-refractivity contribution in [3.05, 3.63) is 58.1 Å². The van der Waals surface area contributed by atoms with Crippen molar-refractivity contribution in [2.75, 3.05) is 13.2 Å². The van der Waals surface area contributed by atoms with Gasteiger partial charge in [-0.25, -0.2) is 4.98 Å². The zero-order chi connectivity index (χ0) is 21.1. The van der Waals surface area contributed by atoms with Crippen LogP contribution in [0.5, 0.6) is 5.88 Å². The summed E-state index contributed by atoms with van der Waals surface area (Å²) < 4.78 is 43.5. The van der Waals surface area contributed by atoms with Crippen molar-refractivity contribution in [1.82, 2.24) is 15.3 Å². The molecule has 29 heavy (non-hydrogen) atoms. The molecular weight excluding hydrogens is 391 g/mol. The number of aromatic amines is 1. The highest BCUT2D eigenvalue weighted by Gasteiger charge is 2.44. The number of H-pyrrole nitrogens is 1. The maximum Gasteiger partial charge on any atom is 0.417 e. The maximum absolute atomic E-state index is 12.6. The lowest BCUT2D eigenvalue weighted by Crippen LogP contribution is -2.38. The van der Waals surface area contributed by atoms with Crippen LogP contribution in [0.15, 0.2) is 41.5 Å². The largest absolute Gasteiger partial charge is 0.477 e. The van der Waals surface area contributed by atoms with Gasteiger partial charge in [-0.3, -0.25) is 4.79 Å². The van der Waals surface area contributed by atoms with Crippen LogP contribution in [0.25, 0.3) is 0 Å². The lowest BCUT2D eigenvalue weighted by molar-refractivity contribution is -0.137. The lowest BCUT2D eigenvalue weighted by atomic mass is 9.86. The molecule has 0 spiro atoms. The zero-order valence-corrected chi connectivity index (χ0v) is 15.4. The van der Waals surface area contributed by atoms with Crippen LogP contribution in [0.2, 0.25) is 0 Å². The van der Waals surface area contributed by atoms with E-state index in [0.29, 0.717) is 19.3 Å². The molecule has 2 atom stereocenters. The Morgan fingerprint density at radius 1 is 1.21 bits per heavy atom. The maximum atomic E-state index is 12.6. The van der Waals surface area contributed by atoms with Crippen molar-refractivity contribution in [2.45, 2.75) is 37.8 Å². The van der Waals surface area contributed by atoms with Crippen LogP contribution in [0.3, 0.4) is 0 Å². The molecule has 4 N–H and O–H groups in total. The van der Waals surface area contributed by atoms with E-state index in [2.05, 4.69) is 15.3 Å². The average Bonchev–Trinajstić information content (AvgIpc) is 2.95. The molecule has 2 heterocycles. The minimum atomic E-state index is -4.47.